The zero-order valence-electron chi connectivity index (χ0n) is 20.4. The van der Waals surface area contributed by atoms with Crippen molar-refractivity contribution in [3.63, 3.8) is 0 Å². The number of nitrogens with zero attached hydrogens (tertiary/aromatic N) is 3. The highest BCUT2D eigenvalue weighted by Gasteiger charge is 2.46. The normalized spacial score (nSPS) is 15.0. The summed E-state index contributed by atoms with van der Waals surface area (Å²) in [6, 6.07) is 14.8. The minimum Gasteiger partial charge on any atom is -0.497 e. The summed E-state index contributed by atoms with van der Waals surface area (Å²) in [5.41, 5.74) is 1.71. The topological polar surface area (TPSA) is 118 Å². The van der Waals surface area contributed by atoms with Gasteiger partial charge in [-0.2, -0.15) is 0 Å². The van der Waals surface area contributed by atoms with Crippen molar-refractivity contribution in [3.8, 4) is 5.75 Å². The molecule has 0 radical (unpaired) electrons. The van der Waals surface area contributed by atoms with E-state index in [0.29, 0.717) is 22.7 Å². The SMILES string of the molecule is CCOC(=O)c1cccc(NC(=O)C[C@@H]2C(=O)N(c3cccc(OC)c3)C(=O)N2Cc2cccnc2)c1. The molecule has 37 heavy (non-hydrogen) atoms. The quantitative estimate of drug-likeness (QED) is 0.351. The summed E-state index contributed by atoms with van der Waals surface area (Å²) in [6.45, 7) is 2.02. The van der Waals surface area contributed by atoms with Gasteiger partial charge < -0.3 is 19.7 Å². The fraction of sp³-hybridized carbons (Fsp3) is 0.222. The monoisotopic (exact) mass is 502 g/mol. The van der Waals surface area contributed by atoms with Crippen LogP contribution in [0.15, 0.2) is 73.1 Å². The lowest BCUT2D eigenvalue weighted by Crippen LogP contribution is -2.37. The average Bonchev–Trinajstić information content (AvgIpc) is 3.13. The Balaban J connectivity index is 1.57. The summed E-state index contributed by atoms with van der Waals surface area (Å²) in [4.78, 5) is 58.4. The maximum atomic E-state index is 13.5. The smallest absolute Gasteiger partial charge is 0.338 e. The standard InChI is InChI=1S/C27H26N4O6/c1-3-37-26(34)19-8-4-9-20(13-19)29-24(32)15-23-25(33)31(21-10-5-11-22(14-21)36-2)27(35)30(23)17-18-7-6-12-28-16-18/h4-14,16,23H,3,15,17H2,1-2H3,(H,29,32)/t23-/m1/s1. The van der Waals surface area contributed by atoms with E-state index in [1.54, 1.807) is 73.9 Å². The molecule has 1 aliphatic rings. The van der Waals surface area contributed by atoms with Crippen molar-refractivity contribution < 1.29 is 28.7 Å². The molecular weight excluding hydrogens is 476 g/mol. The number of pyridine rings is 1. The molecule has 10 heteroatoms. The Morgan fingerprint density at radius 2 is 1.86 bits per heavy atom. The van der Waals surface area contributed by atoms with Gasteiger partial charge in [-0.25, -0.2) is 14.5 Å². The molecule has 1 aromatic heterocycles. The van der Waals surface area contributed by atoms with Gasteiger partial charge in [-0.15, -0.1) is 0 Å². The maximum absolute atomic E-state index is 13.5. The molecule has 0 saturated carbocycles. The van der Waals surface area contributed by atoms with Gasteiger partial charge in [-0.1, -0.05) is 18.2 Å². The number of aromatic nitrogens is 1. The van der Waals surface area contributed by atoms with E-state index in [9.17, 15) is 19.2 Å². The Morgan fingerprint density at radius 1 is 1.05 bits per heavy atom. The minimum absolute atomic E-state index is 0.0924. The van der Waals surface area contributed by atoms with Crippen LogP contribution in [0.5, 0.6) is 5.75 Å². The number of benzene rings is 2. The largest absolute Gasteiger partial charge is 0.497 e. The van der Waals surface area contributed by atoms with Crippen molar-refractivity contribution in [2.45, 2.75) is 25.9 Å². The highest BCUT2D eigenvalue weighted by molar-refractivity contribution is 6.22. The summed E-state index contributed by atoms with van der Waals surface area (Å²) in [5.74, 6) is -1.04. The summed E-state index contributed by atoms with van der Waals surface area (Å²) in [5, 5.41) is 2.71. The van der Waals surface area contributed by atoms with Gasteiger partial charge in [-0.3, -0.25) is 14.6 Å². The number of urea groups is 1. The van der Waals surface area contributed by atoms with Gasteiger partial charge >= 0.3 is 12.0 Å². The van der Waals surface area contributed by atoms with Crippen LogP contribution >= 0.6 is 0 Å². The summed E-state index contributed by atoms with van der Waals surface area (Å²) in [7, 11) is 1.49. The van der Waals surface area contributed by atoms with Gasteiger partial charge in [0.25, 0.3) is 5.91 Å². The third kappa shape index (κ3) is 5.75. The minimum atomic E-state index is -1.05. The molecule has 1 saturated heterocycles. The highest BCUT2D eigenvalue weighted by Crippen LogP contribution is 2.30. The Hall–Kier alpha value is -4.73. The molecule has 0 aliphatic carbocycles. The van der Waals surface area contributed by atoms with Crippen LogP contribution in [0.1, 0.15) is 29.3 Å². The molecule has 0 bridgehead atoms. The number of nitrogens with one attached hydrogen (secondary N) is 1. The van der Waals surface area contributed by atoms with Crippen molar-refractivity contribution in [1.82, 2.24) is 9.88 Å². The van der Waals surface area contributed by atoms with Gasteiger partial charge in [0, 0.05) is 30.7 Å². The zero-order valence-corrected chi connectivity index (χ0v) is 20.4. The molecule has 4 amide bonds. The Labute approximate surface area is 213 Å². The molecule has 1 aliphatic heterocycles. The Morgan fingerprint density at radius 3 is 2.59 bits per heavy atom. The van der Waals surface area contributed by atoms with Crippen LogP contribution in [-0.2, 0) is 20.9 Å². The fourth-order valence-electron chi connectivity index (χ4n) is 4.02. The zero-order chi connectivity index (χ0) is 26.4. The first kappa shape index (κ1) is 25.4. The van der Waals surface area contributed by atoms with Gasteiger partial charge in [0.1, 0.15) is 11.8 Å². The van der Waals surface area contributed by atoms with E-state index < -0.39 is 29.9 Å². The molecule has 2 heterocycles. The van der Waals surface area contributed by atoms with Crippen molar-refractivity contribution >= 4 is 35.2 Å². The number of hydrogen-bond donors (Lipinski definition) is 1. The molecule has 1 fully saturated rings. The van der Waals surface area contributed by atoms with E-state index >= 15 is 0 Å². The average molecular weight is 503 g/mol. The summed E-state index contributed by atoms with van der Waals surface area (Å²) < 4.78 is 10.2. The van der Waals surface area contributed by atoms with E-state index in [0.717, 1.165) is 4.90 Å². The number of hydrogen-bond acceptors (Lipinski definition) is 7. The second-order valence-electron chi connectivity index (χ2n) is 8.22. The van der Waals surface area contributed by atoms with Crippen molar-refractivity contribution in [3.05, 3.63) is 84.2 Å². The molecule has 1 N–H and O–H groups in total. The number of carbonyl (C=O) groups is 4. The van der Waals surface area contributed by atoms with Crippen molar-refractivity contribution in [2.75, 3.05) is 23.9 Å². The number of methoxy groups -OCH3 is 1. The second-order valence-corrected chi connectivity index (χ2v) is 8.22. The molecule has 3 aromatic rings. The lowest BCUT2D eigenvalue weighted by molar-refractivity contribution is -0.124. The van der Waals surface area contributed by atoms with E-state index in [2.05, 4.69) is 10.3 Å². The van der Waals surface area contributed by atoms with Crippen molar-refractivity contribution in [2.24, 2.45) is 0 Å². The van der Waals surface area contributed by atoms with E-state index in [1.165, 1.54) is 18.1 Å². The first-order valence-electron chi connectivity index (χ1n) is 11.7. The number of rotatable bonds is 9. The Bertz CT molecular complexity index is 1310. The third-order valence-corrected chi connectivity index (χ3v) is 5.74. The number of ether oxygens (including phenoxy) is 2. The van der Waals surface area contributed by atoms with E-state index in [4.69, 9.17) is 9.47 Å². The van der Waals surface area contributed by atoms with Crippen LogP contribution in [-0.4, -0.2) is 53.5 Å². The predicted octanol–water partition coefficient (Wildman–Crippen LogP) is 3.63. The molecule has 2 aromatic carbocycles. The molecule has 0 spiro atoms. The van der Waals surface area contributed by atoms with Crippen LogP contribution in [0.4, 0.5) is 16.2 Å². The van der Waals surface area contributed by atoms with Gasteiger partial charge in [0.15, 0.2) is 0 Å². The van der Waals surface area contributed by atoms with E-state index in [1.807, 2.05) is 0 Å². The number of amides is 4. The van der Waals surface area contributed by atoms with Crippen molar-refractivity contribution in [1.29, 1.82) is 0 Å². The first-order chi connectivity index (χ1) is 17.9. The van der Waals surface area contributed by atoms with E-state index in [-0.39, 0.29) is 25.1 Å². The summed E-state index contributed by atoms with van der Waals surface area (Å²) in [6.07, 6.45) is 2.93. The number of anilines is 2. The maximum Gasteiger partial charge on any atom is 0.338 e. The lowest BCUT2D eigenvalue weighted by atomic mass is 10.1. The van der Waals surface area contributed by atoms with Crippen LogP contribution in [0.2, 0.25) is 0 Å². The second kappa shape index (κ2) is 11.3. The van der Waals surface area contributed by atoms with Crippen LogP contribution in [0.25, 0.3) is 0 Å². The number of esters is 1. The summed E-state index contributed by atoms with van der Waals surface area (Å²) >= 11 is 0. The lowest BCUT2D eigenvalue weighted by Gasteiger charge is -2.21. The fourth-order valence-corrected chi connectivity index (χ4v) is 4.02. The molecule has 10 nitrogen and oxygen atoms in total. The van der Waals surface area contributed by atoms with Crippen LogP contribution in [0.3, 0.4) is 0 Å². The van der Waals surface area contributed by atoms with Gasteiger partial charge in [-0.05, 0) is 48.9 Å². The number of imide groups is 1. The Kier molecular flexibility index (Phi) is 7.77. The molecule has 190 valence electrons. The first-order valence-corrected chi connectivity index (χ1v) is 11.7. The predicted molar refractivity (Wildman–Crippen MR) is 135 cm³/mol. The van der Waals surface area contributed by atoms with Gasteiger partial charge in [0.05, 0.1) is 31.4 Å². The number of carbonyl (C=O) groups excluding carboxylic acids is 4. The molecular formula is C27H26N4O6. The molecule has 0 unspecified atom stereocenters. The third-order valence-electron chi connectivity index (χ3n) is 5.74. The van der Waals surface area contributed by atoms with Crippen LogP contribution < -0.4 is 15.0 Å². The highest BCUT2D eigenvalue weighted by atomic mass is 16.5. The van der Waals surface area contributed by atoms with Gasteiger partial charge in [0.2, 0.25) is 5.91 Å². The van der Waals surface area contributed by atoms with Crippen LogP contribution in [0, 0.1) is 0 Å². The molecule has 1 atom stereocenters. The molecule has 4 rings (SSSR count).